The molecule has 0 aromatic carbocycles. The second-order valence-electron chi connectivity index (χ2n) is 19.5. The Morgan fingerprint density at radius 1 is 0.680 bits per heavy atom. The Morgan fingerprint density at radius 3 is 1.81 bits per heavy atom. The topological polar surface area (TPSA) is 401 Å². The number of hydrazine groups is 1. The minimum absolute atomic E-state index is 0.153. The van der Waals surface area contributed by atoms with Gasteiger partial charge in [0.1, 0.15) is 25.3 Å². The Kier molecular flexibility index (Phi) is 27.6. The summed E-state index contributed by atoms with van der Waals surface area (Å²) < 4.78 is 23.5. The number of hydrogen-bond donors (Lipinski definition) is 15. The van der Waals surface area contributed by atoms with Crippen molar-refractivity contribution in [2.24, 2.45) is 17.6 Å². The smallest absolute Gasteiger partial charge is 0.329 e. The first-order valence-electron chi connectivity index (χ1n) is 25.0. The predicted octanol–water partition coefficient (Wildman–Crippen LogP) is -0.935. The fraction of sp³-hybridized carbons (Fsp3) is 0.647. The van der Waals surface area contributed by atoms with Gasteiger partial charge in [0, 0.05) is 37.5 Å². The number of nitrogens with two attached hydrogens (primary N) is 1. The van der Waals surface area contributed by atoms with Gasteiger partial charge in [-0.05, 0) is 33.1 Å². The molecule has 3 heterocycles. The maximum atomic E-state index is 13.3. The van der Waals surface area contributed by atoms with Crippen molar-refractivity contribution in [1.29, 1.82) is 0 Å². The summed E-state index contributed by atoms with van der Waals surface area (Å²) >= 11 is 0. The van der Waals surface area contributed by atoms with Crippen LogP contribution < -0.4 is 16.5 Å². The molecule has 0 aromatic heterocycles. The SMILES string of the molecule is C[C@@H]1[C@H](O)[C@@H](C)/C=C/C=C/C=C/C=C/C=C/C=C/C=C/[C@H](O[C@@H]2O[C@H](C)[C@@H](O)[C@H](N)[C@@H]2O)C[C@@H]2O[C@](O)(C[C@@H](O)C[C@@H](O)[C@H](O)CC[C@@H](O)C[C@@H](O)CC(=O)O[C@H]1C)C[C@H](O)[C@H]2NC(=O)NN(CC(=O)O)CC(=O)O. The Hall–Kier alpha value is -4.74. The number of nitrogens with one attached hydrogen (secondary N) is 2. The van der Waals surface area contributed by atoms with Gasteiger partial charge in [-0.25, -0.2) is 4.79 Å². The van der Waals surface area contributed by atoms with E-state index in [-0.39, 0.29) is 31.6 Å². The molecule has 424 valence electrons. The first kappa shape index (κ1) is 64.5. The van der Waals surface area contributed by atoms with E-state index in [1.807, 2.05) is 6.92 Å². The van der Waals surface area contributed by atoms with Crippen LogP contribution in [0.1, 0.15) is 79.1 Å². The lowest BCUT2D eigenvalue weighted by molar-refractivity contribution is -0.303. The van der Waals surface area contributed by atoms with Crippen LogP contribution in [0, 0.1) is 11.8 Å². The second-order valence-corrected chi connectivity index (χ2v) is 19.5. The number of amides is 2. The number of carbonyl (C=O) groups is 4. The number of hydrogen-bond acceptors (Lipinski definition) is 20. The molecule has 75 heavy (non-hydrogen) atoms. The number of carboxylic acid groups (broad SMARTS) is 2. The fourth-order valence-electron chi connectivity index (χ4n) is 8.62. The van der Waals surface area contributed by atoms with E-state index in [9.17, 15) is 80.5 Å². The van der Waals surface area contributed by atoms with Crippen molar-refractivity contribution < 1.29 is 99.4 Å². The van der Waals surface area contributed by atoms with Gasteiger partial charge in [-0.15, -0.1) is 0 Å². The molecule has 24 heteroatoms. The quantitative estimate of drug-likeness (QED) is 0.103. The molecule has 0 unspecified atom stereocenters. The number of ether oxygens (including phenoxy) is 4. The van der Waals surface area contributed by atoms with Gasteiger partial charge in [-0.1, -0.05) is 98.9 Å². The molecule has 19 atom stereocenters. The third-order valence-electron chi connectivity index (χ3n) is 12.9. The number of carboxylic acids is 2. The first-order valence-corrected chi connectivity index (χ1v) is 25.0. The van der Waals surface area contributed by atoms with E-state index in [1.165, 1.54) is 13.0 Å². The molecule has 0 saturated carbocycles. The fourth-order valence-corrected chi connectivity index (χ4v) is 8.62. The van der Waals surface area contributed by atoms with E-state index >= 15 is 0 Å². The Balaban J connectivity index is 1.98. The van der Waals surface area contributed by atoms with Gasteiger partial charge in [0.25, 0.3) is 0 Å². The van der Waals surface area contributed by atoms with Crippen molar-refractivity contribution in [3.8, 4) is 0 Å². The lowest BCUT2D eigenvalue weighted by Crippen LogP contribution is -2.64. The predicted molar refractivity (Wildman–Crippen MR) is 268 cm³/mol. The zero-order chi connectivity index (χ0) is 56.0. The molecule has 16 N–H and O–H groups in total. The lowest BCUT2D eigenvalue weighted by Gasteiger charge is -2.46. The minimum Gasteiger partial charge on any atom is -0.480 e. The maximum absolute atomic E-state index is 13.3. The van der Waals surface area contributed by atoms with E-state index in [1.54, 1.807) is 92.8 Å². The number of allylic oxidation sites excluding steroid dienone is 12. The monoisotopic (exact) mass is 1070 g/mol. The van der Waals surface area contributed by atoms with Gasteiger partial charge in [-0.3, -0.25) is 19.8 Å². The standard InChI is InChI=1S/C51H80N4O20/c1-29-17-15-13-11-9-7-5-6-8-10-12-14-16-18-36(74-49-48(69)44(52)47(68)32(4)73-49)24-40-45(53-50(70)54-55(27-41(62)63)28-42(64)65)39(61)26-51(71,75-40)25-35(58)22-38(60)37(59)20-19-33(56)21-34(57)23-43(66)72-31(3)30(2)46(29)67/h5-18,29-40,44-49,56-61,67-69,71H,19-28,52H2,1-4H3,(H,62,63)(H,64,65)(H2,53,54,70)/b6-5+,9-7+,10-8+,13-11+,14-12+,17-15+,18-16+/t29-,30-,31-,32+,33+,34+,35-,36-,37+,38+,39-,40-,44-,45+,46+,47+,48-,49-,51+/m0/s1. The van der Waals surface area contributed by atoms with Crippen molar-refractivity contribution in [2.45, 2.75) is 183 Å². The summed E-state index contributed by atoms with van der Waals surface area (Å²) in [6.07, 6.45) is 1.89. The van der Waals surface area contributed by atoms with Crippen LogP contribution in [0.2, 0.25) is 0 Å². The molecule has 2 bridgehead atoms. The molecule has 2 saturated heterocycles. The number of carbonyl (C=O) groups excluding carboxylic acids is 2. The first-order chi connectivity index (χ1) is 35.3. The van der Waals surface area contributed by atoms with Crippen molar-refractivity contribution in [2.75, 3.05) is 13.1 Å². The molecule has 0 radical (unpaired) electrons. The van der Waals surface area contributed by atoms with Crippen LogP contribution in [-0.4, -0.2) is 207 Å². The average molecular weight is 1070 g/mol. The largest absolute Gasteiger partial charge is 0.480 e. The van der Waals surface area contributed by atoms with Crippen LogP contribution >= 0.6 is 0 Å². The summed E-state index contributed by atoms with van der Waals surface area (Å²) in [5.74, 6) is -6.94. The molecule has 0 aliphatic carbocycles. The van der Waals surface area contributed by atoms with Gasteiger partial charge in [0.15, 0.2) is 12.1 Å². The second kappa shape index (κ2) is 32.1. The van der Waals surface area contributed by atoms with Gasteiger partial charge in [-0.2, -0.15) is 5.01 Å². The van der Waals surface area contributed by atoms with Crippen LogP contribution in [0.5, 0.6) is 0 Å². The minimum atomic E-state index is -2.42. The van der Waals surface area contributed by atoms with Crippen molar-refractivity contribution in [1.82, 2.24) is 15.8 Å². The van der Waals surface area contributed by atoms with Crippen molar-refractivity contribution >= 4 is 23.9 Å². The summed E-state index contributed by atoms with van der Waals surface area (Å²) in [6, 6.07) is -3.89. The molecule has 3 aliphatic heterocycles. The molecule has 2 amide bonds. The van der Waals surface area contributed by atoms with E-state index in [4.69, 9.17) is 24.7 Å². The molecule has 0 spiro atoms. The lowest BCUT2D eigenvalue weighted by atomic mass is 9.87. The van der Waals surface area contributed by atoms with Crippen LogP contribution in [0.4, 0.5) is 4.79 Å². The summed E-state index contributed by atoms with van der Waals surface area (Å²) in [5, 5.41) is 131. The van der Waals surface area contributed by atoms with Crippen LogP contribution in [-0.2, 0) is 33.3 Å². The number of rotatable bonds is 8. The van der Waals surface area contributed by atoms with Gasteiger partial charge >= 0.3 is 23.9 Å². The highest BCUT2D eigenvalue weighted by Crippen LogP contribution is 2.35. The molecular formula is C51H80N4O20. The van der Waals surface area contributed by atoms with Crippen LogP contribution in [0.15, 0.2) is 85.1 Å². The summed E-state index contributed by atoms with van der Waals surface area (Å²) in [6.45, 7) is 4.78. The molecule has 3 aliphatic rings. The van der Waals surface area contributed by atoms with Crippen molar-refractivity contribution in [3.05, 3.63) is 85.1 Å². The molecule has 3 rings (SSSR count). The van der Waals surface area contributed by atoms with Crippen LogP contribution in [0.3, 0.4) is 0 Å². The molecular weight excluding hydrogens is 989 g/mol. The van der Waals surface area contributed by atoms with E-state index in [0.29, 0.717) is 5.01 Å². The third kappa shape index (κ3) is 23.2. The zero-order valence-corrected chi connectivity index (χ0v) is 42.7. The summed E-state index contributed by atoms with van der Waals surface area (Å²) in [5.41, 5.74) is 8.18. The zero-order valence-electron chi connectivity index (χ0n) is 42.7. The third-order valence-corrected chi connectivity index (χ3v) is 12.9. The number of aliphatic hydroxyl groups excluding tert-OH is 9. The van der Waals surface area contributed by atoms with Gasteiger partial charge < -0.3 is 91.3 Å². The van der Waals surface area contributed by atoms with Gasteiger partial charge in [0.2, 0.25) is 0 Å². The number of cyclic esters (lactones) is 1. The summed E-state index contributed by atoms with van der Waals surface area (Å²) in [4.78, 5) is 48.9. The highest BCUT2D eigenvalue weighted by Gasteiger charge is 2.49. The maximum Gasteiger partial charge on any atom is 0.329 e. The molecule has 2 fully saturated rings. The van der Waals surface area contributed by atoms with Crippen molar-refractivity contribution in [3.63, 3.8) is 0 Å². The Labute approximate surface area is 436 Å². The highest BCUT2D eigenvalue weighted by atomic mass is 16.7. The molecule has 0 aromatic rings. The van der Waals surface area contributed by atoms with Crippen LogP contribution in [0.25, 0.3) is 0 Å². The van der Waals surface area contributed by atoms with Gasteiger partial charge in [0.05, 0.1) is 85.6 Å². The van der Waals surface area contributed by atoms with E-state index < -0.39 is 172 Å². The average Bonchev–Trinajstić information content (AvgIpc) is 3.31. The number of esters is 1. The normalized spacial score (nSPS) is 40.9. The molecule has 24 nitrogen and oxygen atoms in total. The highest BCUT2D eigenvalue weighted by molar-refractivity contribution is 5.77. The number of aliphatic hydroxyl groups is 10. The number of nitrogens with zero attached hydrogens (tertiary/aromatic N) is 1. The number of urea groups is 1. The Bertz CT molecular complexity index is 1990. The number of fused-ring (bicyclic) bond motifs is 2. The Morgan fingerprint density at radius 2 is 1.24 bits per heavy atom. The van der Waals surface area contributed by atoms with E-state index in [0.717, 1.165) is 0 Å². The van der Waals surface area contributed by atoms with E-state index in [2.05, 4.69) is 10.7 Å². The summed E-state index contributed by atoms with van der Waals surface area (Å²) in [7, 11) is 0. The number of aliphatic carboxylic acids is 2.